The number of hydrogen-bond acceptors (Lipinski definition) is 1. The van der Waals surface area contributed by atoms with Crippen LogP contribution in [0.4, 0.5) is 0 Å². The zero-order chi connectivity index (χ0) is 12.7. The summed E-state index contributed by atoms with van der Waals surface area (Å²) in [6, 6.07) is 10.3. The van der Waals surface area contributed by atoms with Gasteiger partial charge in [0.05, 0.1) is 6.61 Å². The zero-order valence-corrected chi connectivity index (χ0v) is 12.7. The molecule has 0 saturated carbocycles. The van der Waals surface area contributed by atoms with Gasteiger partial charge in [-0.1, -0.05) is 67.0 Å². The van der Waals surface area contributed by atoms with E-state index in [-0.39, 0.29) is 0 Å². The molecule has 0 fully saturated rings. The van der Waals surface area contributed by atoms with Crippen molar-refractivity contribution >= 4 is 15.9 Å². The number of rotatable bonds is 7. The second-order valence-electron chi connectivity index (χ2n) is 5.23. The van der Waals surface area contributed by atoms with Gasteiger partial charge in [0, 0.05) is 11.9 Å². The van der Waals surface area contributed by atoms with Crippen LogP contribution >= 0.6 is 15.9 Å². The maximum atomic E-state index is 5.75. The van der Waals surface area contributed by atoms with Crippen LogP contribution in [0, 0.1) is 11.3 Å². The predicted octanol–water partition coefficient (Wildman–Crippen LogP) is 4.65. The van der Waals surface area contributed by atoms with Crippen LogP contribution in [0.3, 0.4) is 0 Å². The second kappa shape index (κ2) is 7.17. The molecule has 1 nitrogen and oxygen atoms in total. The molecule has 96 valence electrons. The normalized spacial score (nSPS) is 14.9. The standard InChI is InChI=1S/C15H23BrO/c1-13(2)15(3,12-16)9-10-17-11-14-7-5-4-6-8-14/h4-8,13H,9-12H2,1-3H3. The van der Waals surface area contributed by atoms with Crippen LogP contribution in [0.2, 0.25) is 0 Å². The quantitative estimate of drug-likeness (QED) is 0.526. The lowest BCUT2D eigenvalue weighted by molar-refractivity contribution is 0.0801. The Morgan fingerprint density at radius 3 is 2.41 bits per heavy atom. The Balaban J connectivity index is 2.28. The molecule has 17 heavy (non-hydrogen) atoms. The Hall–Kier alpha value is -0.340. The molecule has 1 aromatic carbocycles. The highest BCUT2D eigenvalue weighted by Gasteiger charge is 2.26. The van der Waals surface area contributed by atoms with Gasteiger partial charge in [-0.25, -0.2) is 0 Å². The van der Waals surface area contributed by atoms with Crippen LogP contribution in [0.1, 0.15) is 32.8 Å². The molecule has 0 radical (unpaired) electrons. The van der Waals surface area contributed by atoms with Gasteiger partial charge in [-0.15, -0.1) is 0 Å². The molecule has 1 unspecified atom stereocenters. The first-order valence-electron chi connectivity index (χ1n) is 6.26. The van der Waals surface area contributed by atoms with Gasteiger partial charge in [-0.2, -0.15) is 0 Å². The number of hydrogen-bond donors (Lipinski definition) is 0. The SMILES string of the molecule is CC(C)C(C)(CBr)CCOCc1ccccc1. The second-order valence-corrected chi connectivity index (χ2v) is 5.79. The molecule has 0 N–H and O–H groups in total. The molecule has 0 aromatic heterocycles. The molecule has 1 atom stereocenters. The molecule has 2 heteroatoms. The van der Waals surface area contributed by atoms with Gasteiger partial charge < -0.3 is 4.74 Å². The first-order valence-corrected chi connectivity index (χ1v) is 7.38. The lowest BCUT2D eigenvalue weighted by Gasteiger charge is -2.31. The van der Waals surface area contributed by atoms with Gasteiger partial charge in [-0.05, 0) is 23.3 Å². The Labute approximate surface area is 114 Å². The van der Waals surface area contributed by atoms with E-state index < -0.39 is 0 Å². The molecule has 0 spiro atoms. The third-order valence-corrected chi connectivity index (χ3v) is 4.91. The van der Waals surface area contributed by atoms with Gasteiger partial charge in [-0.3, -0.25) is 0 Å². The number of ether oxygens (including phenoxy) is 1. The van der Waals surface area contributed by atoms with E-state index in [1.165, 1.54) is 5.56 Å². The summed E-state index contributed by atoms with van der Waals surface area (Å²) in [5, 5.41) is 1.03. The zero-order valence-electron chi connectivity index (χ0n) is 11.1. The van der Waals surface area contributed by atoms with Gasteiger partial charge in [0.25, 0.3) is 0 Å². The number of benzene rings is 1. The van der Waals surface area contributed by atoms with Crippen molar-refractivity contribution in [2.75, 3.05) is 11.9 Å². The summed E-state index contributed by atoms with van der Waals surface area (Å²) in [4.78, 5) is 0. The summed E-state index contributed by atoms with van der Waals surface area (Å²) in [5.74, 6) is 0.669. The molecule has 0 saturated heterocycles. The Morgan fingerprint density at radius 1 is 1.24 bits per heavy atom. The minimum atomic E-state index is 0.330. The maximum absolute atomic E-state index is 5.75. The number of alkyl halides is 1. The number of halogens is 1. The molecule has 0 aliphatic rings. The summed E-state index contributed by atoms with van der Waals surface area (Å²) in [6.07, 6.45) is 1.10. The Kier molecular flexibility index (Phi) is 6.21. The summed E-state index contributed by atoms with van der Waals surface area (Å²) in [6.45, 7) is 8.42. The van der Waals surface area contributed by atoms with Crippen molar-refractivity contribution in [2.45, 2.75) is 33.8 Å². The largest absolute Gasteiger partial charge is 0.377 e. The van der Waals surface area contributed by atoms with E-state index >= 15 is 0 Å². The highest BCUT2D eigenvalue weighted by atomic mass is 79.9. The molecule has 0 aliphatic heterocycles. The van der Waals surface area contributed by atoms with Gasteiger partial charge in [0.1, 0.15) is 0 Å². The van der Waals surface area contributed by atoms with E-state index in [2.05, 4.69) is 61.0 Å². The van der Waals surface area contributed by atoms with E-state index in [0.717, 1.165) is 25.0 Å². The van der Waals surface area contributed by atoms with Crippen LogP contribution in [0.5, 0.6) is 0 Å². The smallest absolute Gasteiger partial charge is 0.0716 e. The van der Waals surface area contributed by atoms with Crippen LogP contribution in [0.25, 0.3) is 0 Å². The van der Waals surface area contributed by atoms with Gasteiger partial charge >= 0.3 is 0 Å². The third kappa shape index (κ3) is 4.81. The molecule has 1 aromatic rings. The Bertz CT molecular complexity index is 310. The van der Waals surface area contributed by atoms with E-state index in [4.69, 9.17) is 4.74 Å². The molecule has 0 aliphatic carbocycles. The van der Waals surface area contributed by atoms with Crippen molar-refractivity contribution in [3.05, 3.63) is 35.9 Å². The fraction of sp³-hybridized carbons (Fsp3) is 0.600. The fourth-order valence-electron chi connectivity index (χ4n) is 1.58. The van der Waals surface area contributed by atoms with Crippen LogP contribution < -0.4 is 0 Å². The van der Waals surface area contributed by atoms with Crippen LogP contribution in [-0.2, 0) is 11.3 Å². The Morgan fingerprint density at radius 2 is 1.88 bits per heavy atom. The summed E-state index contributed by atoms with van der Waals surface area (Å²) in [7, 11) is 0. The minimum absolute atomic E-state index is 0.330. The summed E-state index contributed by atoms with van der Waals surface area (Å²) >= 11 is 3.61. The van der Waals surface area contributed by atoms with Crippen LogP contribution in [0.15, 0.2) is 30.3 Å². The van der Waals surface area contributed by atoms with Gasteiger partial charge in [0.2, 0.25) is 0 Å². The molecule has 0 amide bonds. The summed E-state index contributed by atoms with van der Waals surface area (Å²) < 4.78 is 5.75. The summed E-state index contributed by atoms with van der Waals surface area (Å²) in [5.41, 5.74) is 1.58. The highest BCUT2D eigenvalue weighted by Crippen LogP contribution is 2.32. The average molecular weight is 299 g/mol. The molecule has 0 heterocycles. The fourth-order valence-corrected chi connectivity index (χ4v) is 2.51. The minimum Gasteiger partial charge on any atom is -0.377 e. The predicted molar refractivity (Wildman–Crippen MR) is 77.5 cm³/mol. The van der Waals surface area contributed by atoms with Crippen molar-refractivity contribution in [3.63, 3.8) is 0 Å². The van der Waals surface area contributed by atoms with Crippen LogP contribution in [-0.4, -0.2) is 11.9 Å². The van der Waals surface area contributed by atoms with Crippen molar-refractivity contribution < 1.29 is 4.74 Å². The lowest BCUT2D eigenvalue weighted by atomic mass is 9.78. The van der Waals surface area contributed by atoms with Crippen molar-refractivity contribution in [1.82, 2.24) is 0 Å². The molecule has 0 bridgehead atoms. The van der Waals surface area contributed by atoms with E-state index in [9.17, 15) is 0 Å². The molecular weight excluding hydrogens is 276 g/mol. The topological polar surface area (TPSA) is 9.23 Å². The van der Waals surface area contributed by atoms with E-state index in [0.29, 0.717) is 11.3 Å². The maximum Gasteiger partial charge on any atom is 0.0716 e. The van der Waals surface area contributed by atoms with Crippen molar-refractivity contribution in [1.29, 1.82) is 0 Å². The third-order valence-electron chi connectivity index (χ3n) is 3.63. The molecular formula is C15H23BrO. The van der Waals surface area contributed by atoms with Crippen molar-refractivity contribution in [2.24, 2.45) is 11.3 Å². The highest BCUT2D eigenvalue weighted by molar-refractivity contribution is 9.09. The lowest BCUT2D eigenvalue weighted by Crippen LogP contribution is -2.27. The van der Waals surface area contributed by atoms with E-state index in [1.54, 1.807) is 0 Å². The average Bonchev–Trinajstić information content (AvgIpc) is 2.35. The first-order chi connectivity index (χ1) is 8.08. The first kappa shape index (κ1) is 14.7. The van der Waals surface area contributed by atoms with E-state index in [1.807, 2.05) is 6.07 Å². The molecule has 1 rings (SSSR count). The monoisotopic (exact) mass is 298 g/mol. The van der Waals surface area contributed by atoms with Gasteiger partial charge in [0.15, 0.2) is 0 Å². The van der Waals surface area contributed by atoms with Crippen molar-refractivity contribution in [3.8, 4) is 0 Å².